The number of hydrogen-bond donors (Lipinski definition) is 1. The van der Waals surface area contributed by atoms with Crippen molar-refractivity contribution in [3.05, 3.63) is 35.4 Å². The number of hydrogen-bond acceptors (Lipinski definition) is 1. The quantitative estimate of drug-likeness (QED) is 0.709. The van der Waals surface area contributed by atoms with Crippen LogP contribution in [0.2, 0.25) is 0 Å². The molecule has 0 aliphatic heterocycles. The summed E-state index contributed by atoms with van der Waals surface area (Å²) in [5.74, 6) is -1.23. The molecular formula is C10H10F2O. The summed E-state index contributed by atoms with van der Waals surface area (Å²) in [5, 5.41) is 9.30. The third-order valence-corrected chi connectivity index (χ3v) is 2.55. The number of aliphatic hydroxyl groups is 1. The van der Waals surface area contributed by atoms with Gasteiger partial charge >= 0.3 is 0 Å². The summed E-state index contributed by atoms with van der Waals surface area (Å²) in [6, 6.07) is 3.42. The lowest BCUT2D eigenvalue weighted by Gasteiger charge is -2.32. The first-order valence-corrected chi connectivity index (χ1v) is 4.31. The first kappa shape index (κ1) is 8.63. The molecule has 1 aliphatic carbocycles. The molecule has 1 nitrogen and oxygen atoms in total. The Bertz CT molecular complexity index is 304. The van der Waals surface area contributed by atoms with Gasteiger partial charge in [0.1, 0.15) is 11.6 Å². The van der Waals surface area contributed by atoms with Crippen LogP contribution in [0.5, 0.6) is 0 Å². The maximum absolute atomic E-state index is 12.8. The van der Waals surface area contributed by atoms with Crippen molar-refractivity contribution in [1.82, 2.24) is 0 Å². The summed E-state index contributed by atoms with van der Waals surface area (Å²) in [7, 11) is 0. The third-order valence-electron chi connectivity index (χ3n) is 2.55. The van der Waals surface area contributed by atoms with Gasteiger partial charge in [0.2, 0.25) is 0 Å². The lowest BCUT2D eigenvalue weighted by atomic mass is 9.77. The molecule has 13 heavy (non-hydrogen) atoms. The Labute approximate surface area is 75.0 Å². The Balaban J connectivity index is 2.29. The zero-order valence-corrected chi connectivity index (χ0v) is 7.00. The molecule has 0 amide bonds. The van der Waals surface area contributed by atoms with Crippen molar-refractivity contribution in [3.8, 4) is 0 Å². The molecule has 0 heterocycles. The van der Waals surface area contributed by atoms with Gasteiger partial charge in [0.25, 0.3) is 0 Å². The van der Waals surface area contributed by atoms with Crippen LogP contribution in [0.15, 0.2) is 18.2 Å². The zero-order valence-electron chi connectivity index (χ0n) is 7.00. The van der Waals surface area contributed by atoms with E-state index in [-0.39, 0.29) is 5.92 Å². The van der Waals surface area contributed by atoms with Crippen LogP contribution in [0.25, 0.3) is 0 Å². The Kier molecular flexibility index (Phi) is 2.04. The minimum atomic E-state index is -0.575. The second-order valence-electron chi connectivity index (χ2n) is 3.45. The highest BCUT2D eigenvalue weighted by atomic mass is 19.1. The standard InChI is InChI=1S/C10H10F2O/c11-7-3-6(4-8(12)5-7)9-1-2-10(9)13/h3-5,9-10,13H,1-2H2. The van der Waals surface area contributed by atoms with Crippen molar-refractivity contribution in [1.29, 1.82) is 0 Å². The highest BCUT2D eigenvalue weighted by Crippen LogP contribution is 2.37. The highest BCUT2D eigenvalue weighted by Gasteiger charge is 2.30. The van der Waals surface area contributed by atoms with Crippen molar-refractivity contribution in [2.24, 2.45) is 0 Å². The van der Waals surface area contributed by atoms with Crippen LogP contribution < -0.4 is 0 Å². The van der Waals surface area contributed by atoms with Crippen LogP contribution in [0.4, 0.5) is 8.78 Å². The molecule has 0 spiro atoms. The Morgan fingerprint density at radius 3 is 2.08 bits per heavy atom. The first-order valence-electron chi connectivity index (χ1n) is 4.31. The molecule has 0 aromatic heterocycles. The number of rotatable bonds is 1. The molecule has 0 bridgehead atoms. The fraction of sp³-hybridized carbons (Fsp3) is 0.400. The predicted octanol–water partition coefficient (Wildman–Crippen LogP) is 2.20. The molecule has 1 aromatic carbocycles. The minimum absolute atomic E-state index is 0.0785. The van der Waals surface area contributed by atoms with E-state index < -0.39 is 17.7 Å². The van der Waals surface area contributed by atoms with E-state index in [1.807, 2.05) is 0 Å². The van der Waals surface area contributed by atoms with Gasteiger partial charge in [-0.1, -0.05) is 0 Å². The zero-order chi connectivity index (χ0) is 9.42. The molecular weight excluding hydrogens is 174 g/mol. The SMILES string of the molecule is OC1CCC1c1cc(F)cc(F)c1. The topological polar surface area (TPSA) is 20.2 Å². The summed E-state index contributed by atoms with van der Waals surface area (Å²) < 4.78 is 25.5. The molecule has 3 heteroatoms. The smallest absolute Gasteiger partial charge is 0.126 e. The molecule has 1 N–H and O–H groups in total. The van der Waals surface area contributed by atoms with Gasteiger partial charge in [-0.2, -0.15) is 0 Å². The van der Waals surface area contributed by atoms with Crippen LogP contribution >= 0.6 is 0 Å². The second kappa shape index (κ2) is 3.07. The fourth-order valence-corrected chi connectivity index (χ4v) is 1.66. The van der Waals surface area contributed by atoms with Gasteiger partial charge in [-0.3, -0.25) is 0 Å². The van der Waals surface area contributed by atoms with E-state index in [0.717, 1.165) is 18.9 Å². The van der Waals surface area contributed by atoms with Crippen LogP contribution in [0.3, 0.4) is 0 Å². The summed E-state index contributed by atoms with van der Waals surface area (Å²) in [4.78, 5) is 0. The van der Waals surface area contributed by atoms with Gasteiger partial charge in [-0.05, 0) is 30.5 Å². The monoisotopic (exact) mass is 184 g/mol. The maximum Gasteiger partial charge on any atom is 0.126 e. The maximum atomic E-state index is 12.8. The van der Waals surface area contributed by atoms with E-state index in [9.17, 15) is 13.9 Å². The van der Waals surface area contributed by atoms with Gasteiger partial charge in [-0.15, -0.1) is 0 Å². The number of aliphatic hydroxyl groups excluding tert-OH is 1. The van der Waals surface area contributed by atoms with Crippen LogP contribution in [-0.4, -0.2) is 11.2 Å². The normalized spacial score (nSPS) is 27.0. The third kappa shape index (κ3) is 1.56. The largest absolute Gasteiger partial charge is 0.392 e. The molecule has 0 saturated heterocycles. The highest BCUT2D eigenvalue weighted by molar-refractivity contribution is 5.25. The predicted molar refractivity (Wildman–Crippen MR) is 44.3 cm³/mol. The van der Waals surface area contributed by atoms with Gasteiger partial charge in [0.05, 0.1) is 6.10 Å². The van der Waals surface area contributed by atoms with Gasteiger partial charge < -0.3 is 5.11 Å². The molecule has 0 radical (unpaired) electrons. The molecule has 1 aliphatic rings. The van der Waals surface area contributed by atoms with Crippen molar-refractivity contribution >= 4 is 0 Å². The Hall–Kier alpha value is -0.960. The lowest BCUT2D eigenvalue weighted by molar-refractivity contribution is 0.0659. The molecule has 2 atom stereocenters. The van der Waals surface area contributed by atoms with E-state index in [4.69, 9.17) is 0 Å². The first-order chi connectivity index (χ1) is 6.16. The average molecular weight is 184 g/mol. The molecule has 1 saturated carbocycles. The molecule has 2 rings (SSSR count). The fourth-order valence-electron chi connectivity index (χ4n) is 1.66. The van der Waals surface area contributed by atoms with Crippen LogP contribution in [-0.2, 0) is 0 Å². The van der Waals surface area contributed by atoms with E-state index in [1.165, 1.54) is 12.1 Å². The van der Waals surface area contributed by atoms with Crippen molar-refractivity contribution in [3.63, 3.8) is 0 Å². The second-order valence-corrected chi connectivity index (χ2v) is 3.45. The summed E-state index contributed by atoms with van der Waals surface area (Å²) in [6.45, 7) is 0. The van der Waals surface area contributed by atoms with Gasteiger partial charge in [-0.25, -0.2) is 8.78 Å². The van der Waals surface area contributed by atoms with Crippen molar-refractivity contribution in [2.45, 2.75) is 24.9 Å². The summed E-state index contributed by atoms with van der Waals surface area (Å²) in [6.07, 6.45) is 1.11. The van der Waals surface area contributed by atoms with Crippen molar-refractivity contribution in [2.75, 3.05) is 0 Å². The van der Waals surface area contributed by atoms with Crippen LogP contribution in [0.1, 0.15) is 24.3 Å². The molecule has 1 aromatic rings. The van der Waals surface area contributed by atoms with E-state index >= 15 is 0 Å². The number of benzene rings is 1. The molecule has 1 fully saturated rings. The summed E-state index contributed by atoms with van der Waals surface area (Å²) in [5.41, 5.74) is 0.566. The Morgan fingerprint density at radius 1 is 1.08 bits per heavy atom. The molecule has 70 valence electrons. The minimum Gasteiger partial charge on any atom is -0.392 e. The Morgan fingerprint density at radius 2 is 1.69 bits per heavy atom. The lowest BCUT2D eigenvalue weighted by Crippen LogP contribution is -2.28. The van der Waals surface area contributed by atoms with Crippen LogP contribution in [0, 0.1) is 11.6 Å². The van der Waals surface area contributed by atoms with Gasteiger partial charge in [0, 0.05) is 12.0 Å². The molecule has 2 unspecified atom stereocenters. The number of halogens is 2. The van der Waals surface area contributed by atoms with Gasteiger partial charge in [0.15, 0.2) is 0 Å². The average Bonchev–Trinajstić information content (AvgIpc) is 1.99. The van der Waals surface area contributed by atoms with Crippen molar-refractivity contribution < 1.29 is 13.9 Å². The summed E-state index contributed by atoms with van der Waals surface area (Å²) >= 11 is 0. The van der Waals surface area contributed by atoms with E-state index in [2.05, 4.69) is 0 Å². The van der Waals surface area contributed by atoms with E-state index in [0.29, 0.717) is 5.56 Å². The van der Waals surface area contributed by atoms with E-state index in [1.54, 1.807) is 0 Å².